The van der Waals surface area contributed by atoms with Crippen molar-refractivity contribution < 1.29 is 0 Å². The van der Waals surface area contributed by atoms with Gasteiger partial charge in [0, 0.05) is 4.08 Å². The molecular formula is C2HIS. The van der Waals surface area contributed by atoms with Gasteiger partial charge in [0.2, 0.25) is 0 Å². The first-order valence-corrected chi connectivity index (χ1v) is 2.36. The van der Waals surface area contributed by atoms with E-state index in [9.17, 15) is 0 Å². The standard InChI is InChI=1S/C2HIS/c3-1-2-4/h1H. The lowest BCUT2D eigenvalue weighted by Crippen LogP contribution is -1.16. The zero-order valence-electron chi connectivity index (χ0n) is 1.86. The number of hydrogen-bond donors (Lipinski definition) is 0. The van der Waals surface area contributed by atoms with E-state index in [4.69, 9.17) is 0 Å². The van der Waals surface area contributed by atoms with Crippen molar-refractivity contribution in [2.45, 2.75) is 0 Å². The lowest BCUT2D eigenvalue weighted by Gasteiger charge is -1.32. The quantitative estimate of drug-likeness (QED) is 0.406. The Balaban J connectivity index is 3.11. The van der Waals surface area contributed by atoms with Gasteiger partial charge < -0.3 is 0 Å². The van der Waals surface area contributed by atoms with Gasteiger partial charge in [0.15, 0.2) is 0 Å². The zero-order chi connectivity index (χ0) is 3.41. The summed E-state index contributed by atoms with van der Waals surface area (Å²) in [5, 5.41) is 2.38. The Morgan fingerprint density at radius 3 is 2.25 bits per heavy atom. The van der Waals surface area contributed by atoms with Crippen molar-refractivity contribution >= 4 is 39.8 Å². The van der Waals surface area contributed by atoms with Gasteiger partial charge in [-0.2, -0.15) is 0 Å². The molecule has 0 spiro atoms. The maximum absolute atomic E-state index is 4.24. The fourth-order valence-electron chi connectivity index (χ4n) is 0. The normalized spacial score (nSPS) is 4.25. The second-order valence-corrected chi connectivity index (χ2v) is 1.09. The molecule has 4 heavy (non-hydrogen) atoms. The first-order chi connectivity index (χ1) is 1.91. The molecule has 0 heterocycles. The summed E-state index contributed by atoms with van der Waals surface area (Å²) in [6, 6.07) is 0. The van der Waals surface area contributed by atoms with Gasteiger partial charge in [-0.05, 0) is 39.8 Å². The van der Waals surface area contributed by atoms with E-state index < -0.39 is 0 Å². The van der Waals surface area contributed by atoms with Crippen molar-refractivity contribution in [2.75, 3.05) is 0 Å². The van der Waals surface area contributed by atoms with Crippen LogP contribution in [0.25, 0.3) is 0 Å². The first-order valence-electron chi connectivity index (χ1n) is 0.711. The third-order valence-electron chi connectivity index (χ3n) is 0.0445. The second-order valence-electron chi connectivity index (χ2n) is 0.227. The van der Waals surface area contributed by atoms with Crippen LogP contribution in [0.1, 0.15) is 0 Å². The molecule has 0 saturated carbocycles. The van der Waals surface area contributed by atoms with Crippen molar-refractivity contribution in [1.82, 2.24) is 0 Å². The molecule has 0 aliphatic carbocycles. The highest BCUT2D eigenvalue weighted by Crippen LogP contribution is 1.71. The highest BCUT2D eigenvalue weighted by atomic mass is 127. The predicted octanol–water partition coefficient (Wildman–Crippen LogP) is 1.53. The zero-order valence-corrected chi connectivity index (χ0v) is 4.84. The lowest BCUT2D eigenvalue weighted by atomic mass is 11.3. The van der Waals surface area contributed by atoms with Gasteiger partial charge >= 0.3 is 0 Å². The molecule has 0 aromatic heterocycles. The Bertz CT molecular complexity index is 44.0. The van der Waals surface area contributed by atoms with Gasteiger partial charge in [0.25, 0.3) is 0 Å². The first kappa shape index (κ1) is 4.60. The van der Waals surface area contributed by atoms with Gasteiger partial charge in [-0.15, -0.1) is 0 Å². The molecular weight excluding hydrogens is 183 g/mol. The van der Waals surface area contributed by atoms with Crippen LogP contribution in [-0.4, -0.2) is 5.02 Å². The minimum absolute atomic E-state index is 1.66. The van der Waals surface area contributed by atoms with E-state index in [-0.39, 0.29) is 0 Å². The molecule has 0 radical (unpaired) electrons. The maximum atomic E-state index is 4.24. The van der Waals surface area contributed by atoms with Crippen LogP contribution in [0.4, 0.5) is 0 Å². The summed E-state index contributed by atoms with van der Waals surface area (Å²) in [6.45, 7) is 0. The molecule has 0 aliphatic rings. The maximum Gasteiger partial charge on any atom is 0.0302 e. The Labute approximate surface area is 44.0 Å². The van der Waals surface area contributed by atoms with Gasteiger partial charge in [-0.3, -0.25) is 0 Å². The van der Waals surface area contributed by atoms with Crippen LogP contribution in [0.15, 0.2) is 4.08 Å². The Kier molecular flexibility index (Phi) is 4.14. The summed E-state index contributed by atoms with van der Waals surface area (Å²) in [7, 11) is 0. The van der Waals surface area contributed by atoms with Crippen molar-refractivity contribution in [3.63, 3.8) is 0 Å². The van der Waals surface area contributed by atoms with Gasteiger partial charge in [-0.1, -0.05) is 0 Å². The fourth-order valence-corrected chi connectivity index (χ4v) is 0. The topological polar surface area (TPSA) is 0 Å². The minimum Gasteiger partial charge on any atom is -0.0429 e. The Morgan fingerprint density at radius 1 is 2.00 bits per heavy atom. The van der Waals surface area contributed by atoms with Crippen LogP contribution in [0.5, 0.6) is 0 Å². The van der Waals surface area contributed by atoms with E-state index in [0.29, 0.717) is 0 Å². The third kappa shape index (κ3) is 2.60. The van der Waals surface area contributed by atoms with E-state index in [1.54, 1.807) is 4.08 Å². The smallest absolute Gasteiger partial charge is 0.0302 e. The van der Waals surface area contributed by atoms with Crippen molar-refractivity contribution in [2.24, 2.45) is 0 Å². The average molecular weight is 184 g/mol. The molecule has 22 valence electrons. The number of halogens is 1. The molecule has 2 heteroatoms. The van der Waals surface area contributed by atoms with E-state index in [1.165, 1.54) is 0 Å². The average Bonchev–Trinajstić information content (AvgIpc) is 1.37. The van der Waals surface area contributed by atoms with Crippen LogP contribution in [0.2, 0.25) is 0 Å². The van der Waals surface area contributed by atoms with Crippen LogP contribution in [-0.2, 0) is 0 Å². The number of rotatable bonds is 0. The van der Waals surface area contributed by atoms with Crippen LogP contribution in [0.3, 0.4) is 0 Å². The molecule has 0 rings (SSSR count). The number of hydrogen-bond acceptors (Lipinski definition) is 1. The Morgan fingerprint density at radius 2 is 2.25 bits per heavy atom. The van der Waals surface area contributed by atoms with E-state index in [2.05, 4.69) is 17.2 Å². The number of thiocarbonyl (C=S) groups is 1. The third-order valence-corrected chi connectivity index (χ3v) is 0.896. The van der Waals surface area contributed by atoms with Crippen molar-refractivity contribution in [3.8, 4) is 0 Å². The van der Waals surface area contributed by atoms with Crippen LogP contribution < -0.4 is 0 Å². The highest BCUT2D eigenvalue weighted by molar-refractivity contribution is 14.1. The highest BCUT2D eigenvalue weighted by Gasteiger charge is 1.30. The monoisotopic (exact) mass is 184 g/mol. The summed E-state index contributed by atoms with van der Waals surface area (Å²) in [5.41, 5.74) is 0. The van der Waals surface area contributed by atoms with E-state index >= 15 is 0 Å². The summed E-state index contributed by atoms with van der Waals surface area (Å²) < 4.78 is 1.66. The summed E-state index contributed by atoms with van der Waals surface area (Å²) in [5.74, 6) is 0. The summed E-state index contributed by atoms with van der Waals surface area (Å²) in [4.78, 5) is 0. The Hall–Kier alpha value is 0.600. The lowest BCUT2D eigenvalue weighted by molar-refractivity contribution is 3.14. The van der Waals surface area contributed by atoms with Gasteiger partial charge in [-0.25, -0.2) is 0 Å². The van der Waals surface area contributed by atoms with Crippen molar-refractivity contribution in [3.05, 3.63) is 4.08 Å². The summed E-state index contributed by atoms with van der Waals surface area (Å²) >= 11 is 6.25. The van der Waals surface area contributed by atoms with Crippen LogP contribution in [0, 0.1) is 0 Å². The molecule has 0 fully saturated rings. The van der Waals surface area contributed by atoms with Gasteiger partial charge in [0.05, 0.1) is 0 Å². The fraction of sp³-hybridized carbons (Fsp3) is 0. The molecule has 0 saturated heterocycles. The van der Waals surface area contributed by atoms with Crippen LogP contribution >= 0.6 is 34.8 Å². The molecule has 0 aromatic rings. The molecule has 0 atom stereocenters. The molecule has 0 nitrogen and oxygen atoms in total. The van der Waals surface area contributed by atoms with Gasteiger partial charge in [0.1, 0.15) is 0 Å². The second kappa shape index (κ2) is 3.60. The molecule has 0 amide bonds. The molecule has 0 bridgehead atoms. The molecule has 0 N–H and O–H groups in total. The van der Waals surface area contributed by atoms with E-state index in [1.807, 2.05) is 22.6 Å². The largest absolute Gasteiger partial charge is 0.0429 e. The molecule has 0 aromatic carbocycles. The summed E-state index contributed by atoms with van der Waals surface area (Å²) in [6.07, 6.45) is 0. The predicted molar refractivity (Wildman–Crippen MR) is 31.2 cm³/mol. The van der Waals surface area contributed by atoms with E-state index in [0.717, 1.165) is 0 Å². The minimum atomic E-state index is 1.66. The SMILES string of the molecule is S=C=CI. The molecule has 0 unspecified atom stereocenters. The van der Waals surface area contributed by atoms with Crippen molar-refractivity contribution in [1.29, 1.82) is 0 Å². The molecule has 0 aliphatic heterocycles.